The molecule has 5 nitrogen and oxygen atoms in total. The number of nitrogens with one attached hydrogen (secondary N) is 1. The highest BCUT2D eigenvalue weighted by Gasteiger charge is 2.05. The number of nitrogens with two attached hydrogens (primary N) is 1. The Kier molecular flexibility index (Phi) is 7.11. The van der Waals surface area contributed by atoms with E-state index in [0.717, 1.165) is 17.0 Å². The smallest absolute Gasteiger partial charge is 0.224 e. The van der Waals surface area contributed by atoms with Crippen LogP contribution in [0.3, 0.4) is 0 Å². The molecule has 128 valence electrons. The summed E-state index contributed by atoms with van der Waals surface area (Å²) in [5, 5.41) is 2.86. The summed E-state index contributed by atoms with van der Waals surface area (Å²) in [5.74, 6) is 1.40. The van der Waals surface area contributed by atoms with Crippen LogP contribution in [0.15, 0.2) is 48.5 Å². The molecule has 2 aromatic rings. The molecule has 2 aromatic carbocycles. The van der Waals surface area contributed by atoms with Crippen molar-refractivity contribution in [3.05, 3.63) is 54.1 Å². The molecule has 0 heterocycles. The van der Waals surface area contributed by atoms with Gasteiger partial charge in [-0.1, -0.05) is 24.3 Å². The molecule has 0 saturated carbocycles. The molecule has 0 aliphatic heterocycles. The van der Waals surface area contributed by atoms with Crippen molar-refractivity contribution in [1.82, 2.24) is 0 Å². The van der Waals surface area contributed by atoms with Gasteiger partial charge < -0.3 is 20.5 Å². The summed E-state index contributed by atoms with van der Waals surface area (Å²) in [4.78, 5) is 11.9. The summed E-state index contributed by atoms with van der Waals surface area (Å²) in [6.45, 7) is 3.48. The number of anilines is 1. The van der Waals surface area contributed by atoms with E-state index in [1.54, 1.807) is 0 Å². The number of benzene rings is 2. The standard InChI is InChI=1S/C19H24N2O3/c1-2-23-17-6-3-4-7-18(17)24-13-5-8-19(22)21-16-11-9-15(14-20)10-12-16/h3-4,6-7,9-12H,2,5,8,13-14,20H2,1H3,(H,21,22). The van der Waals surface area contributed by atoms with E-state index in [0.29, 0.717) is 38.3 Å². The van der Waals surface area contributed by atoms with Crippen LogP contribution in [-0.2, 0) is 11.3 Å². The van der Waals surface area contributed by atoms with Crippen LogP contribution in [-0.4, -0.2) is 19.1 Å². The molecule has 0 saturated heterocycles. The normalized spacial score (nSPS) is 10.2. The topological polar surface area (TPSA) is 73.6 Å². The molecule has 0 atom stereocenters. The van der Waals surface area contributed by atoms with Gasteiger partial charge in [-0.05, 0) is 43.2 Å². The number of ether oxygens (including phenoxy) is 2. The number of para-hydroxylation sites is 2. The Morgan fingerprint density at radius 3 is 2.33 bits per heavy atom. The van der Waals surface area contributed by atoms with E-state index in [2.05, 4.69) is 5.32 Å². The molecule has 5 heteroatoms. The predicted octanol–water partition coefficient (Wildman–Crippen LogP) is 3.34. The van der Waals surface area contributed by atoms with Crippen LogP contribution in [0.4, 0.5) is 5.69 Å². The zero-order valence-corrected chi connectivity index (χ0v) is 14.0. The van der Waals surface area contributed by atoms with Gasteiger partial charge in [-0.25, -0.2) is 0 Å². The van der Waals surface area contributed by atoms with Crippen molar-refractivity contribution >= 4 is 11.6 Å². The van der Waals surface area contributed by atoms with Gasteiger partial charge in [-0.3, -0.25) is 4.79 Å². The van der Waals surface area contributed by atoms with Gasteiger partial charge >= 0.3 is 0 Å². The van der Waals surface area contributed by atoms with Crippen molar-refractivity contribution in [1.29, 1.82) is 0 Å². The minimum Gasteiger partial charge on any atom is -0.490 e. The summed E-state index contributed by atoms with van der Waals surface area (Å²) in [6.07, 6.45) is 1.03. The lowest BCUT2D eigenvalue weighted by molar-refractivity contribution is -0.116. The highest BCUT2D eigenvalue weighted by Crippen LogP contribution is 2.26. The Balaban J connectivity index is 1.72. The highest BCUT2D eigenvalue weighted by molar-refractivity contribution is 5.90. The number of carbonyl (C=O) groups excluding carboxylic acids is 1. The van der Waals surface area contributed by atoms with Gasteiger partial charge in [-0.2, -0.15) is 0 Å². The Bertz CT molecular complexity index is 641. The number of amides is 1. The van der Waals surface area contributed by atoms with E-state index in [1.807, 2.05) is 55.5 Å². The average molecular weight is 328 g/mol. The fourth-order valence-corrected chi connectivity index (χ4v) is 2.21. The molecule has 3 N–H and O–H groups in total. The molecular formula is C19H24N2O3. The van der Waals surface area contributed by atoms with Crippen molar-refractivity contribution in [3.63, 3.8) is 0 Å². The van der Waals surface area contributed by atoms with Crippen LogP contribution in [0.25, 0.3) is 0 Å². The lowest BCUT2D eigenvalue weighted by Crippen LogP contribution is -2.13. The largest absolute Gasteiger partial charge is 0.490 e. The number of carbonyl (C=O) groups is 1. The third kappa shape index (κ3) is 5.59. The third-order valence-electron chi connectivity index (χ3n) is 3.43. The van der Waals surface area contributed by atoms with Crippen molar-refractivity contribution in [2.24, 2.45) is 5.73 Å². The Hall–Kier alpha value is -2.53. The van der Waals surface area contributed by atoms with E-state index in [1.165, 1.54) is 0 Å². The minimum atomic E-state index is -0.0304. The van der Waals surface area contributed by atoms with Gasteiger partial charge in [-0.15, -0.1) is 0 Å². The first kappa shape index (κ1) is 17.8. The molecule has 0 aromatic heterocycles. The van der Waals surface area contributed by atoms with E-state index >= 15 is 0 Å². The molecule has 0 radical (unpaired) electrons. The quantitative estimate of drug-likeness (QED) is 0.692. The molecule has 0 aliphatic carbocycles. The molecule has 0 unspecified atom stereocenters. The van der Waals surface area contributed by atoms with Crippen molar-refractivity contribution < 1.29 is 14.3 Å². The van der Waals surface area contributed by atoms with Crippen LogP contribution < -0.4 is 20.5 Å². The first-order valence-corrected chi connectivity index (χ1v) is 8.16. The van der Waals surface area contributed by atoms with E-state index in [9.17, 15) is 4.79 Å². The maximum atomic E-state index is 11.9. The summed E-state index contributed by atoms with van der Waals surface area (Å²) in [7, 11) is 0. The molecule has 0 aliphatic rings. The SMILES string of the molecule is CCOc1ccccc1OCCCC(=O)Nc1ccc(CN)cc1. The molecule has 0 bridgehead atoms. The number of rotatable bonds is 9. The second-order valence-electron chi connectivity index (χ2n) is 5.28. The number of hydrogen-bond donors (Lipinski definition) is 2. The first-order chi connectivity index (χ1) is 11.7. The van der Waals surface area contributed by atoms with Crippen LogP contribution in [0, 0.1) is 0 Å². The summed E-state index contributed by atoms with van der Waals surface area (Å²) < 4.78 is 11.2. The molecule has 0 fully saturated rings. The fourth-order valence-electron chi connectivity index (χ4n) is 2.21. The summed E-state index contributed by atoms with van der Waals surface area (Å²) in [6, 6.07) is 15.1. The van der Waals surface area contributed by atoms with Crippen LogP contribution in [0.5, 0.6) is 11.5 Å². The lowest BCUT2D eigenvalue weighted by atomic mass is 10.2. The predicted molar refractivity (Wildman–Crippen MR) is 95.3 cm³/mol. The Labute approximate surface area is 142 Å². The van der Waals surface area contributed by atoms with Crippen LogP contribution >= 0.6 is 0 Å². The van der Waals surface area contributed by atoms with Gasteiger partial charge in [0.15, 0.2) is 11.5 Å². The maximum absolute atomic E-state index is 11.9. The molecule has 2 rings (SSSR count). The highest BCUT2D eigenvalue weighted by atomic mass is 16.5. The maximum Gasteiger partial charge on any atom is 0.224 e. The monoisotopic (exact) mass is 328 g/mol. The first-order valence-electron chi connectivity index (χ1n) is 8.16. The lowest BCUT2D eigenvalue weighted by Gasteiger charge is -2.11. The van der Waals surface area contributed by atoms with Gasteiger partial charge in [0.05, 0.1) is 13.2 Å². The molecule has 0 spiro atoms. The minimum absolute atomic E-state index is 0.0304. The van der Waals surface area contributed by atoms with Crippen LogP contribution in [0.1, 0.15) is 25.3 Å². The average Bonchev–Trinajstić information content (AvgIpc) is 2.61. The zero-order valence-electron chi connectivity index (χ0n) is 14.0. The molecular weight excluding hydrogens is 304 g/mol. The van der Waals surface area contributed by atoms with Gasteiger partial charge in [0.1, 0.15) is 0 Å². The number of hydrogen-bond acceptors (Lipinski definition) is 4. The van der Waals surface area contributed by atoms with Crippen LogP contribution in [0.2, 0.25) is 0 Å². The molecule has 1 amide bonds. The van der Waals surface area contributed by atoms with Crippen molar-refractivity contribution in [2.75, 3.05) is 18.5 Å². The Morgan fingerprint density at radius 1 is 1.04 bits per heavy atom. The zero-order chi connectivity index (χ0) is 17.2. The molecule has 24 heavy (non-hydrogen) atoms. The second-order valence-corrected chi connectivity index (χ2v) is 5.28. The summed E-state index contributed by atoms with van der Waals surface area (Å²) in [5.41, 5.74) is 7.36. The second kappa shape index (κ2) is 9.57. The van der Waals surface area contributed by atoms with Gasteiger partial charge in [0, 0.05) is 18.7 Å². The summed E-state index contributed by atoms with van der Waals surface area (Å²) >= 11 is 0. The third-order valence-corrected chi connectivity index (χ3v) is 3.43. The van der Waals surface area contributed by atoms with E-state index in [4.69, 9.17) is 15.2 Å². The van der Waals surface area contributed by atoms with Crippen molar-refractivity contribution in [2.45, 2.75) is 26.3 Å². The van der Waals surface area contributed by atoms with Gasteiger partial charge in [0.25, 0.3) is 0 Å². The fraction of sp³-hybridized carbons (Fsp3) is 0.316. The van der Waals surface area contributed by atoms with E-state index < -0.39 is 0 Å². The van der Waals surface area contributed by atoms with Crippen molar-refractivity contribution in [3.8, 4) is 11.5 Å². The Morgan fingerprint density at radius 2 is 1.71 bits per heavy atom. The van der Waals surface area contributed by atoms with Gasteiger partial charge in [0.2, 0.25) is 5.91 Å². The van der Waals surface area contributed by atoms with E-state index in [-0.39, 0.29) is 5.91 Å².